The molecule has 1 aromatic rings. The largest absolute Gasteiger partial charge is 0.493 e. The van der Waals surface area contributed by atoms with E-state index >= 15 is 0 Å². The van der Waals surface area contributed by atoms with Gasteiger partial charge in [0, 0.05) is 12.1 Å². The molecule has 15 heavy (non-hydrogen) atoms. The van der Waals surface area contributed by atoms with Crippen molar-refractivity contribution in [2.24, 2.45) is 0 Å². The zero-order valence-corrected chi connectivity index (χ0v) is 9.60. The van der Waals surface area contributed by atoms with Gasteiger partial charge in [0.1, 0.15) is 5.75 Å². The van der Waals surface area contributed by atoms with Crippen molar-refractivity contribution >= 4 is 0 Å². The fraction of sp³-hybridized carbons (Fsp3) is 0.538. The molecule has 0 saturated carbocycles. The van der Waals surface area contributed by atoms with Crippen LogP contribution in [0.3, 0.4) is 0 Å². The molecule has 1 aliphatic heterocycles. The second-order valence-corrected chi connectivity index (χ2v) is 3.90. The van der Waals surface area contributed by atoms with Crippen molar-refractivity contribution in [1.29, 1.82) is 0 Å². The first-order valence-electron chi connectivity index (χ1n) is 5.84. The van der Waals surface area contributed by atoms with Crippen LogP contribution in [0.25, 0.3) is 0 Å². The second kappa shape index (κ2) is 4.67. The molecule has 1 aromatic carbocycles. The van der Waals surface area contributed by atoms with Crippen LogP contribution in [0.2, 0.25) is 0 Å². The lowest BCUT2D eigenvalue weighted by molar-refractivity contribution is 0.331. The van der Waals surface area contributed by atoms with Crippen LogP contribution in [0.5, 0.6) is 5.75 Å². The van der Waals surface area contributed by atoms with E-state index in [-0.39, 0.29) is 0 Å². The zero-order valence-electron chi connectivity index (χ0n) is 9.60. The Kier molecular flexibility index (Phi) is 3.27. The lowest BCUT2D eigenvalue weighted by atomic mass is 9.96. The molecule has 0 spiro atoms. The number of rotatable bonds is 3. The number of hydrogen-bond acceptors (Lipinski definition) is 2. The predicted octanol–water partition coefficient (Wildman–Crippen LogP) is 2.29. The zero-order chi connectivity index (χ0) is 10.7. The fourth-order valence-corrected chi connectivity index (χ4v) is 2.20. The fourth-order valence-electron chi connectivity index (χ4n) is 2.20. The number of hydrogen-bond donors (Lipinski definition) is 1. The molecule has 0 saturated heterocycles. The van der Waals surface area contributed by atoms with Gasteiger partial charge in [-0.2, -0.15) is 0 Å². The molecule has 0 fully saturated rings. The Morgan fingerprint density at radius 1 is 1.33 bits per heavy atom. The third kappa shape index (κ3) is 2.00. The van der Waals surface area contributed by atoms with E-state index in [0.29, 0.717) is 0 Å². The highest BCUT2D eigenvalue weighted by Crippen LogP contribution is 2.30. The molecule has 82 valence electrons. The predicted molar refractivity (Wildman–Crippen MR) is 62.4 cm³/mol. The van der Waals surface area contributed by atoms with E-state index < -0.39 is 0 Å². The quantitative estimate of drug-likeness (QED) is 0.817. The van der Waals surface area contributed by atoms with Crippen LogP contribution in [0, 0.1) is 0 Å². The lowest BCUT2D eigenvalue weighted by Crippen LogP contribution is -2.24. The molecule has 0 amide bonds. The molecule has 0 radical (unpaired) electrons. The third-order valence-electron chi connectivity index (χ3n) is 2.98. The van der Waals surface area contributed by atoms with Gasteiger partial charge in [0.05, 0.1) is 6.61 Å². The summed E-state index contributed by atoms with van der Waals surface area (Å²) in [5, 5.41) is 3.39. The second-order valence-electron chi connectivity index (χ2n) is 3.90. The summed E-state index contributed by atoms with van der Waals surface area (Å²) in [5.41, 5.74) is 4.18. The Labute approximate surface area is 91.6 Å². The van der Waals surface area contributed by atoms with Gasteiger partial charge in [-0.15, -0.1) is 0 Å². The molecule has 0 atom stereocenters. The molecular weight excluding hydrogens is 186 g/mol. The minimum Gasteiger partial charge on any atom is -0.493 e. The van der Waals surface area contributed by atoms with Gasteiger partial charge >= 0.3 is 0 Å². The SMILES string of the molecule is CCOc1c(CC)ccc2c1CCNC2. The molecule has 0 unspecified atom stereocenters. The van der Waals surface area contributed by atoms with Gasteiger partial charge < -0.3 is 10.1 Å². The number of ether oxygens (including phenoxy) is 1. The Balaban J connectivity index is 2.44. The molecule has 2 heteroatoms. The normalized spacial score (nSPS) is 14.8. The van der Waals surface area contributed by atoms with Crippen LogP contribution < -0.4 is 10.1 Å². The van der Waals surface area contributed by atoms with Gasteiger partial charge in [-0.1, -0.05) is 19.1 Å². The number of aryl methyl sites for hydroxylation is 1. The summed E-state index contributed by atoms with van der Waals surface area (Å²) in [6.45, 7) is 7.06. The van der Waals surface area contributed by atoms with Gasteiger partial charge in [-0.05, 0) is 37.4 Å². The van der Waals surface area contributed by atoms with Crippen molar-refractivity contribution in [3.8, 4) is 5.75 Å². The van der Waals surface area contributed by atoms with E-state index in [0.717, 1.165) is 38.3 Å². The van der Waals surface area contributed by atoms with Gasteiger partial charge in [0.25, 0.3) is 0 Å². The van der Waals surface area contributed by atoms with Crippen LogP contribution in [0.1, 0.15) is 30.5 Å². The highest BCUT2D eigenvalue weighted by atomic mass is 16.5. The Morgan fingerprint density at radius 3 is 2.93 bits per heavy atom. The van der Waals surface area contributed by atoms with Crippen LogP contribution in [-0.4, -0.2) is 13.2 Å². The first kappa shape index (κ1) is 10.5. The van der Waals surface area contributed by atoms with E-state index in [2.05, 4.69) is 31.3 Å². The standard InChI is InChI=1S/C13H19NO/c1-3-10-5-6-11-9-14-8-7-12(11)13(10)15-4-2/h5-6,14H,3-4,7-9H2,1-2H3. The summed E-state index contributed by atoms with van der Waals surface area (Å²) in [4.78, 5) is 0. The summed E-state index contributed by atoms with van der Waals surface area (Å²) >= 11 is 0. The number of nitrogens with one attached hydrogen (secondary N) is 1. The molecule has 1 heterocycles. The number of benzene rings is 1. The summed E-state index contributed by atoms with van der Waals surface area (Å²) in [6.07, 6.45) is 2.15. The maximum Gasteiger partial charge on any atom is 0.126 e. The van der Waals surface area contributed by atoms with Gasteiger partial charge in [-0.25, -0.2) is 0 Å². The minimum absolute atomic E-state index is 0.761. The maximum atomic E-state index is 5.80. The van der Waals surface area contributed by atoms with Crippen molar-refractivity contribution in [3.63, 3.8) is 0 Å². The van der Waals surface area contributed by atoms with Crippen molar-refractivity contribution in [1.82, 2.24) is 5.32 Å². The highest BCUT2D eigenvalue weighted by Gasteiger charge is 2.16. The van der Waals surface area contributed by atoms with E-state index in [1.165, 1.54) is 16.7 Å². The highest BCUT2D eigenvalue weighted by molar-refractivity contribution is 5.47. The van der Waals surface area contributed by atoms with Crippen LogP contribution >= 0.6 is 0 Å². The molecule has 1 aliphatic rings. The first-order chi connectivity index (χ1) is 7.36. The molecular formula is C13H19NO. The van der Waals surface area contributed by atoms with Crippen LogP contribution in [-0.2, 0) is 19.4 Å². The van der Waals surface area contributed by atoms with Gasteiger partial charge in [-0.3, -0.25) is 0 Å². The van der Waals surface area contributed by atoms with Crippen molar-refractivity contribution in [2.45, 2.75) is 33.2 Å². The average Bonchev–Trinajstić information content (AvgIpc) is 2.30. The minimum atomic E-state index is 0.761. The first-order valence-corrected chi connectivity index (χ1v) is 5.84. The monoisotopic (exact) mass is 205 g/mol. The van der Waals surface area contributed by atoms with Crippen LogP contribution in [0.4, 0.5) is 0 Å². The Bertz CT molecular complexity index is 347. The molecule has 1 N–H and O–H groups in total. The molecule has 2 rings (SSSR count). The Hall–Kier alpha value is -1.02. The Morgan fingerprint density at radius 2 is 2.20 bits per heavy atom. The molecule has 0 aliphatic carbocycles. The van der Waals surface area contributed by atoms with Gasteiger partial charge in [0.15, 0.2) is 0 Å². The van der Waals surface area contributed by atoms with Crippen molar-refractivity contribution in [2.75, 3.05) is 13.2 Å². The summed E-state index contributed by atoms with van der Waals surface area (Å²) in [5.74, 6) is 1.15. The maximum absolute atomic E-state index is 5.80. The van der Waals surface area contributed by atoms with E-state index in [1.54, 1.807) is 0 Å². The van der Waals surface area contributed by atoms with Crippen molar-refractivity contribution < 1.29 is 4.74 Å². The summed E-state index contributed by atoms with van der Waals surface area (Å²) in [6, 6.07) is 4.44. The molecule has 2 nitrogen and oxygen atoms in total. The van der Waals surface area contributed by atoms with Crippen LogP contribution in [0.15, 0.2) is 12.1 Å². The smallest absolute Gasteiger partial charge is 0.126 e. The van der Waals surface area contributed by atoms with Gasteiger partial charge in [0.2, 0.25) is 0 Å². The number of fused-ring (bicyclic) bond motifs is 1. The third-order valence-corrected chi connectivity index (χ3v) is 2.98. The average molecular weight is 205 g/mol. The van der Waals surface area contributed by atoms with Crippen molar-refractivity contribution in [3.05, 3.63) is 28.8 Å². The topological polar surface area (TPSA) is 21.3 Å². The lowest BCUT2D eigenvalue weighted by Gasteiger charge is -2.22. The summed E-state index contributed by atoms with van der Waals surface area (Å²) in [7, 11) is 0. The molecule has 0 aromatic heterocycles. The molecule has 0 bridgehead atoms. The van der Waals surface area contributed by atoms with E-state index in [9.17, 15) is 0 Å². The summed E-state index contributed by atoms with van der Waals surface area (Å²) < 4.78 is 5.80. The van der Waals surface area contributed by atoms with E-state index in [1.807, 2.05) is 0 Å². The van der Waals surface area contributed by atoms with E-state index in [4.69, 9.17) is 4.74 Å².